The molecular formula is C30H46N6O7. The molecule has 1 saturated carbocycles. The van der Waals surface area contributed by atoms with Gasteiger partial charge in [0.1, 0.15) is 30.2 Å². The van der Waals surface area contributed by atoms with Crippen LogP contribution < -0.4 is 16.4 Å². The van der Waals surface area contributed by atoms with Crippen molar-refractivity contribution in [3.05, 3.63) is 29.8 Å². The number of hydrogen-bond acceptors (Lipinski definition) is 8. The fraction of sp³-hybridized carbons (Fsp3) is 0.667. The van der Waals surface area contributed by atoms with Crippen molar-refractivity contribution in [3.8, 4) is 5.75 Å². The Morgan fingerprint density at radius 2 is 1.79 bits per heavy atom. The van der Waals surface area contributed by atoms with Gasteiger partial charge in [0.2, 0.25) is 17.7 Å². The molecule has 3 amide bonds. The van der Waals surface area contributed by atoms with Crippen molar-refractivity contribution in [1.82, 2.24) is 20.4 Å². The lowest BCUT2D eigenvalue weighted by Crippen LogP contribution is -2.62. The monoisotopic (exact) mass is 602 g/mol. The molecular weight excluding hydrogens is 556 g/mol. The first-order valence-electron chi connectivity index (χ1n) is 15.2. The van der Waals surface area contributed by atoms with Crippen LogP contribution in [0.1, 0.15) is 64.4 Å². The van der Waals surface area contributed by atoms with Gasteiger partial charge in [0.15, 0.2) is 5.96 Å². The third-order valence-electron chi connectivity index (χ3n) is 8.92. The Labute approximate surface area is 251 Å². The number of piperidine rings is 1. The summed E-state index contributed by atoms with van der Waals surface area (Å²) in [6.45, 7) is 4.21. The quantitative estimate of drug-likeness (QED) is 0.138. The van der Waals surface area contributed by atoms with E-state index < -0.39 is 60.3 Å². The Balaban J connectivity index is 1.53. The number of guanidine groups is 1. The normalized spacial score (nSPS) is 28.6. The zero-order valence-corrected chi connectivity index (χ0v) is 24.9. The van der Waals surface area contributed by atoms with E-state index in [-0.39, 0.29) is 36.4 Å². The van der Waals surface area contributed by atoms with Gasteiger partial charge in [-0.05, 0) is 74.5 Å². The van der Waals surface area contributed by atoms with Crippen LogP contribution in [-0.4, -0.2) is 103 Å². The molecule has 0 radical (unpaired) electrons. The number of nitrogens with one attached hydrogen (secondary N) is 3. The minimum atomic E-state index is -1.44. The summed E-state index contributed by atoms with van der Waals surface area (Å²) in [5, 5.41) is 54.7. The third kappa shape index (κ3) is 7.76. The van der Waals surface area contributed by atoms with Crippen molar-refractivity contribution in [2.24, 2.45) is 17.6 Å². The van der Waals surface area contributed by atoms with Gasteiger partial charge >= 0.3 is 0 Å². The Hall–Kier alpha value is -3.42. The average molecular weight is 603 g/mol. The second-order valence-corrected chi connectivity index (χ2v) is 12.6. The molecule has 0 spiro atoms. The highest BCUT2D eigenvalue weighted by Crippen LogP contribution is 2.40. The highest BCUT2D eigenvalue weighted by molar-refractivity contribution is 5.94. The summed E-state index contributed by atoms with van der Waals surface area (Å²) in [5.41, 5.74) is 6.24. The second-order valence-electron chi connectivity index (χ2n) is 12.6. The molecule has 9 N–H and O–H groups in total. The van der Waals surface area contributed by atoms with Crippen LogP contribution >= 0.6 is 0 Å². The number of phenolic OH excluding ortho intramolecular Hbond substituents is 1. The summed E-state index contributed by atoms with van der Waals surface area (Å²) >= 11 is 0. The van der Waals surface area contributed by atoms with E-state index in [1.807, 2.05) is 13.8 Å². The van der Waals surface area contributed by atoms with Gasteiger partial charge < -0.3 is 46.6 Å². The van der Waals surface area contributed by atoms with Crippen molar-refractivity contribution in [2.45, 2.75) is 108 Å². The van der Waals surface area contributed by atoms with E-state index >= 15 is 0 Å². The third-order valence-corrected chi connectivity index (χ3v) is 8.92. The number of nitrogens with zero attached hydrogens (tertiary/aromatic N) is 2. The number of phenols is 1. The van der Waals surface area contributed by atoms with Gasteiger partial charge in [-0.3, -0.25) is 19.8 Å². The van der Waals surface area contributed by atoms with Crippen molar-refractivity contribution in [3.63, 3.8) is 0 Å². The summed E-state index contributed by atoms with van der Waals surface area (Å²) < 4.78 is 0. The Morgan fingerprint density at radius 1 is 1.09 bits per heavy atom. The molecule has 43 heavy (non-hydrogen) atoms. The zero-order chi connectivity index (χ0) is 31.4. The van der Waals surface area contributed by atoms with Crippen LogP contribution in [0.15, 0.2) is 24.3 Å². The molecule has 2 heterocycles. The molecule has 3 fully saturated rings. The topological polar surface area (TPSA) is 213 Å². The average Bonchev–Trinajstić information content (AvgIpc) is 3.32. The van der Waals surface area contributed by atoms with Crippen molar-refractivity contribution in [1.29, 1.82) is 5.41 Å². The summed E-state index contributed by atoms with van der Waals surface area (Å²) in [7, 11) is 0. The summed E-state index contributed by atoms with van der Waals surface area (Å²) in [6, 6.07) is 3.16. The number of carbonyl (C=O) groups excluding carboxylic acids is 3. The molecule has 8 unspecified atom stereocenters. The Bertz CT molecular complexity index is 1160. The summed E-state index contributed by atoms with van der Waals surface area (Å²) in [4.78, 5) is 43.9. The molecule has 8 atom stereocenters. The first kappa shape index (κ1) is 32.5. The number of nitrogens with two attached hydrogens (primary N) is 1. The molecule has 2 saturated heterocycles. The van der Waals surface area contributed by atoms with Crippen LogP contribution in [0.2, 0.25) is 0 Å². The van der Waals surface area contributed by atoms with Crippen LogP contribution in [0.25, 0.3) is 0 Å². The first-order valence-corrected chi connectivity index (χ1v) is 15.2. The number of hydrogen-bond donors (Lipinski definition) is 8. The molecule has 0 aromatic heterocycles. The van der Waals surface area contributed by atoms with E-state index in [0.717, 1.165) is 0 Å². The van der Waals surface area contributed by atoms with Gasteiger partial charge in [-0.1, -0.05) is 26.0 Å². The molecule has 2 aliphatic heterocycles. The predicted octanol–water partition coefficient (Wildman–Crippen LogP) is -0.251. The molecule has 3 aliphatic rings. The van der Waals surface area contributed by atoms with Crippen molar-refractivity contribution >= 4 is 23.7 Å². The zero-order valence-electron chi connectivity index (χ0n) is 24.9. The SMILES string of the molecule is CC(C)CC(NC(=O)C(O)Cc1ccc(O)cc1)C(=O)N1C(C(=O)NC2CCCN(C(=N)N)C2O)CC2CCC(O)CC21. The maximum Gasteiger partial charge on any atom is 0.249 e. The van der Waals surface area contributed by atoms with Crippen LogP contribution in [0.4, 0.5) is 0 Å². The Morgan fingerprint density at radius 3 is 2.44 bits per heavy atom. The maximum atomic E-state index is 14.2. The minimum Gasteiger partial charge on any atom is -0.508 e. The van der Waals surface area contributed by atoms with E-state index in [9.17, 15) is 34.8 Å². The van der Waals surface area contributed by atoms with E-state index in [0.29, 0.717) is 50.6 Å². The molecule has 4 rings (SSSR count). The highest BCUT2D eigenvalue weighted by Gasteiger charge is 2.51. The van der Waals surface area contributed by atoms with Crippen molar-refractivity contribution in [2.75, 3.05) is 6.54 Å². The number of rotatable bonds is 9. The first-order chi connectivity index (χ1) is 20.3. The molecule has 13 nitrogen and oxygen atoms in total. The van der Waals surface area contributed by atoms with Crippen LogP contribution in [-0.2, 0) is 20.8 Å². The highest BCUT2D eigenvalue weighted by atomic mass is 16.3. The van der Waals surface area contributed by atoms with E-state index in [1.165, 1.54) is 21.9 Å². The van der Waals surface area contributed by atoms with Gasteiger partial charge in [-0.2, -0.15) is 0 Å². The largest absolute Gasteiger partial charge is 0.508 e. The number of likely N-dealkylation sites (tertiary alicyclic amines) is 2. The lowest BCUT2D eigenvalue weighted by Gasteiger charge is -2.40. The lowest BCUT2D eigenvalue weighted by molar-refractivity contribution is -0.146. The standard InChI is InChI=1S/C30H46N6O7/c1-16(2)12-22(34-27(41)25(39)13-17-5-8-19(37)9-6-17)29(43)36-23-15-20(38)10-7-18(23)14-24(36)26(40)33-21-4-3-11-35(28(21)42)30(31)32/h5-6,8-9,16,18,20-25,28,37-39,42H,3-4,7,10-15H2,1-2H3,(H3,31,32)(H,33,40)(H,34,41). The smallest absolute Gasteiger partial charge is 0.249 e. The van der Waals surface area contributed by atoms with Crippen LogP contribution in [0.3, 0.4) is 0 Å². The number of carbonyl (C=O) groups is 3. The van der Waals surface area contributed by atoms with Crippen molar-refractivity contribution < 1.29 is 34.8 Å². The van der Waals surface area contributed by atoms with Gasteiger partial charge in [0.05, 0.1) is 12.1 Å². The van der Waals surface area contributed by atoms with Crippen LogP contribution in [0.5, 0.6) is 5.75 Å². The maximum absolute atomic E-state index is 14.2. The Kier molecular flexibility index (Phi) is 10.5. The predicted molar refractivity (Wildman–Crippen MR) is 157 cm³/mol. The van der Waals surface area contributed by atoms with E-state index in [4.69, 9.17) is 11.1 Å². The number of amides is 3. The van der Waals surface area contributed by atoms with Gasteiger partial charge in [0, 0.05) is 19.0 Å². The fourth-order valence-corrected chi connectivity index (χ4v) is 6.74. The molecule has 1 aromatic rings. The molecule has 238 valence electrons. The number of aliphatic hydroxyl groups excluding tert-OH is 3. The van der Waals surface area contributed by atoms with E-state index in [1.54, 1.807) is 12.1 Å². The summed E-state index contributed by atoms with van der Waals surface area (Å²) in [5.74, 6) is -1.84. The van der Waals surface area contributed by atoms with Gasteiger partial charge in [-0.15, -0.1) is 0 Å². The molecule has 1 aliphatic carbocycles. The molecule has 1 aromatic carbocycles. The molecule has 13 heteroatoms. The number of aliphatic hydroxyl groups is 3. The summed E-state index contributed by atoms with van der Waals surface area (Å²) in [6.07, 6.45) is 0.0490. The van der Waals surface area contributed by atoms with Crippen LogP contribution in [0, 0.1) is 17.2 Å². The van der Waals surface area contributed by atoms with E-state index in [2.05, 4.69) is 10.6 Å². The number of fused-ring (bicyclic) bond motifs is 1. The molecule has 0 bridgehead atoms. The lowest BCUT2D eigenvalue weighted by atomic mass is 9.83. The second kappa shape index (κ2) is 13.9. The number of benzene rings is 1. The minimum absolute atomic E-state index is 0.000985. The van der Waals surface area contributed by atoms with Gasteiger partial charge in [-0.25, -0.2) is 0 Å². The number of aromatic hydroxyl groups is 1. The fourth-order valence-electron chi connectivity index (χ4n) is 6.74. The van der Waals surface area contributed by atoms with Gasteiger partial charge in [0.25, 0.3) is 0 Å².